The zero-order chi connectivity index (χ0) is 13.2. The quantitative estimate of drug-likeness (QED) is 0.413. The highest BCUT2D eigenvalue weighted by Gasteiger charge is 2.37. The first-order valence-corrected chi connectivity index (χ1v) is 4.23. The van der Waals surface area contributed by atoms with Gasteiger partial charge in [-0.1, -0.05) is 6.07 Å². The number of carbonyl (C=O) groups excluding carboxylic acids is 1. The van der Waals surface area contributed by atoms with Gasteiger partial charge in [-0.2, -0.15) is 13.2 Å². The summed E-state index contributed by atoms with van der Waals surface area (Å²) in [4.78, 5) is 21.9. The number of carboxylic acids is 1. The molecule has 0 saturated heterocycles. The number of rotatable bonds is 2. The molecule has 0 aliphatic heterocycles. The van der Waals surface area contributed by atoms with Gasteiger partial charge in [-0.25, -0.2) is 10.6 Å². The maximum atomic E-state index is 12.6. The van der Waals surface area contributed by atoms with Crippen molar-refractivity contribution in [3.05, 3.63) is 34.9 Å². The highest BCUT2D eigenvalue weighted by molar-refractivity contribution is 6.05. The fraction of sp³-hybridized carbons (Fsp3) is 0.111. The highest BCUT2D eigenvalue weighted by Crippen LogP contribution is 2.33. The van der Waals surface area contributed by atoms with Crippen LogP contribution in [0.1, 0.15) is 26.3 Å². The zero-order valence-corrected chi connectivity index (χ0v) is 8.21. The minimum absolute atomic E-state index is 0.608. The number of hydrogen-bond acceptors (Lipinski definition) is 3. The molecule has 0 saturated carbocycles. The molecule has 5 nitrogen and oxygen atoms in total. The lowest BCUT2D eigenvalue weighted by Crippen LogP contribution is -2.33. The molecule has 0 radical (unpaired) electrons. The van der Waals surface area contributed by atoms with Gasteiger partial charge in [-0.05, 0) is 12.1 Å². The second-order valence-corrected chi connectivity index (χ2v) is 3.00. The van der Waals surface area contributed by atoms with Crippen LogP contribution >= 0.6 is 0 Å². The first-order valence-electron chi connectivity index (χ1n) is 4.23. The predicted octanol–water partition coefficient (Wildman–Crippen LogP) is 1.01. The second kappa shape index (κ2) is 4.42. The van der Waals surface area contributed by atoms with Gasteiger partial charge in [0.1, 0.15) is 0 Å². The van der Waals surface area contributed by atoms with Gasteiger partial charge in [0.2, 0.25) is 0 Å². The van der Waals surface area contributed by atoms with Crippen LogP contribution in [0.25, 0.3) is 0 Å². The third kappa shape index (κ3) is 2.53. The molecule has 1 rings (SSSR count). The third-order valence-corrected chi connectivity index (χ3v) is 1.96. The second-order valence-electron chi connectivity index (χ2n) is 3.00. The molecule has 0 spiro atoms. The number of hydrogen-bond donors (Lipinski definition) is 3. The molecule has 0 atom stereocenters. The van der Waals surface area contributed by atoms with E-state index in [0.717, 1.165) is 12.1 Å². The van der Waals surface area contributed by atoms with Crippen molar-refractivity contribution in [2.24, 2.45) is 5.84 Å². The van der Waals surface area contributed by atoms with E-state index in [9.17, 15) is 22.8 Å². The van der Waals surface area contributed by atoms with E-state index in [0.29, 0.717) is 6.07 Å². The fourth-order valence-corrected chi connectivity index (χ4v) is 1.28. The Labute approximate surface area is 93.0 Å². The third-order valence-electron chi connectivity index (χ3n) is 1.96. The molecule has 1 aromatic rings. The van der Waals surface area contributed by atoms with Crippen LogP contribution in [-0.2, 0) is 6.18 Å². The normalized spacial score (nSPS) is 11.1. The Balaban J connectivity index is 3.57. The monoisotopic (exact) mass is 248 g/mol. The molecular weight excluding hydrogens is 241 g/mol. The van der Waals surface area contributed by atoms with E-state index in [1.807, 2.05) is 0 Å². The Morgan fingerprint density at radius 3 is 2.29 bits per heavy atom. The first kappa shape index (κ1) is 13.0. The van der Waals surface area contributed by atoms with Crippen molar-refractivity contribution in [3.63, 3.8) is 0 Å². The van der Waals surface area contributed by atoms with Gasteiger partial charge < -0.3 is 5.11 Å². The van der Waals surface area contributed by atoms with Gasteiger partial charge in [0, 0.05) is 0 Å². The molecule has 4 N–H and O–H groups in total. The number of alkyl halides is 3. The minimum Gasteiger partial charge on any atom is -0.478 e. The average Bonchev–Trinajstić information content (AvgIpc) is 2.25. The van der Waals surface area contributed by atoms with Crippen molar-refractivity contribution in [2.45, 2.75) is 6.18 Å². The SMILES string of the molecule is NNC(=O)c1c(C(=O)O)cccc1C(F)(F)F. The van der Waals surface area contributed by atoms with Crippen molar-refractivity contribution in [1.82, 2.24) is 5.43 Å². The maximum Gasteiger partial charge on any atom is 0.417 e. The number of carbonyl (C=O) groups is 2. The number of nitrogens with one attached hydrogen (secondary N) is 1. The van der Waals surface area contributed by atoms with Crippen LogP contribution in [0.3, 0.4) is 0 Å². The Hall–Kier alpha value is -2.09. The van der Waals surface area contributed by atoms with E-state index in [-0.39, 0.29) is 0 Å². The molecule has 1 aromatic carbocycles. The summed E-state index contributed by atoms with van der Waals surface area (Å²) in [5.41, 5.74) is -1.63. The van der Waals surface area contributed by atoms with Gasteiger partial charge in [0.25, 0.3) is 5.91 Å². The number of benzene rings is 1. The molecular formula is C9H7F3N2O3. The molecule has 17 heavy (non-hydrogen) atoms. The number of amides is 1. The fourth-order valence-electron chi connectivity index (χ4n) is 1.28. The molecule has 0 aliphatic carbocycles. The van der Waals surface area contributed by atoms with Crippen molar-refractivity contribution in [1.29, 1.82) is 0 Å². The summed E-state index contributed by atoms with van der Waals surface area (Å²) in [5.74, 6) is 1.77. The molecule has 0 fully saturated rings. The summed E-state index contributed by atoms with van der Waals surface area (Å²) in [6, 6.07) is 2.40. The van der Waals surface area contributed by atoms with Crippen molar-refractivity contribution in [2.75, 3.05) is 0 Å². The summed E-state index contributed by atoms with van der Waals surface area (Å²) in [7, 11) is 0. The Bertz CT molecular complexity index is 471. The van der Waals surface area contributed by atoms with Crippen LogP contribution in [0, 0.1) is 0 Å². The molecule has 0 aliphatic rings. The molecule has 1 amide bonds. The number of nitrogen functional groups attached to an aromatic ring is 1. The topological polar surface area (TPSA) is 92.4 Å². The van der Waals surface area contributed by atoms with Gasteiger partial charge in [-0.3, -0.25) is 10.2 Å². The van der Waals surface area contributed by atoms with Crippen LogP contribution < -0.4 is 11.3 Å². The van der Waals surface area contributed by atoms with E-state index in [2.05, 4.69) is 0 Å². The maximum absolute atomic E-state index is 12.6. The molecule has 0 unspecified atom stereocenters. The smallest absolute Gasteiger partial charge is 0.417 e. The molecule has 0 aromatic heterocycles. The number of nitrogens with two attached hydrogens (primary N) is 1. The van der Waals surface area contributed by atoms with Gasteiger partial charge in [-0.15, -0.1) is 0 Å². The molecule has 92 valence electrons. The molecule has 0 heterocycles. The van der Waals surface area contributed by atoms with Gasteiger partial charge in [0.05, 0.1) is 16.7 Å². The van der Waals surface area contributed by atoms with Crippen molar-refractivity contribution >= 4 is 11.9 Å². The standard InChI is InChI=1S/C9H7F3N2O3/c10-9(11,12)5-3-1-2-4(8(16)17)6(5)7(15)14-13/h1-3H,13H2,(H,14,15)(H,16,17). The number of aromatic carboxylic acids is 1. The first-order chi connectivity index (χ1) is 7.79. The van der Waals surface area contributed by atoms with Gasteiger partial charge in [0.15, 0.2) is 0 Å². The van der Waals surface area contributed by atoms with E-state index in [1.54, 1.807) is 0 Å². The van der Waals surface area contributed by atoms with Crippen LogP contribution in [0.5, 0.6) is 0 Å². The van der Waals surface area contributed by atoms with Crippen LogP contribution in [0.2, 0.25) is 0 Å². The number of hydrazine groups is 1. The lowest BCUT2D eigenvalue weighted by Gasteiger charge is -2.13. The van der Waals surface area contributed by atoms with E-state index in [4.69, 9.17) is 10.9 Å². The van der Waals surface area contributed by atoms with Gasteiger partial charge >= 0.3 is 12.1 Å². The predicted molar refractivity (Wildman–Crippen MR) is 50.1 cm³/mol. The lowest BCUT2D eigenvalue weighted by atomic mass is 10.00. The Kier molecular flexibility index (Phi) is 3.37. The van der Waals surface area contributed by atoms with E-state index in [1.165, 1.54) is 5.43 Å². The minimum atomic E-state index is -4.84. The summed E-state index contributed by atoms with van der Waals surface area (Å²) >= 11 is 0. The van der Waals surface area contributed by atoms with E-state index < -0.39 is 34.7 Å². The average molecular weight is 248 g/mol. The molecule has 0 bridgehead atoms. The van der Waals surface area contributed by atoms with Crippen molar-refractivity contribution < 1.29 is 27.9 Å². The summed E-state index contributed by atoms with van der Waals surface area (Å²) in [5, 5.41) is 8.71. The number of halogens is 3. The van der Waals surface area contributed by atoms with Crippen molar-refractivity contribution in [3.8, 4) is 0 Å². The Morgan fingerprint density at radius 2 is 1.88 bits per heavy atom. The summed E-state index contributed by atoms with van der Waals surface area (Å²) in [6.07, 6.45) is -4.84. The summed E-state index contributed by atoms with van der Waals surface area (Å²) in [6.45, 7) is 0. The zero-order valence-electron chi connectivity index (χ0n) is 8.21. The highest BCUT2D eigenvalue weighted by atomic mass is 19.4. The Morgan fingerprint density at radius 1 is 1.29 bits per heavy atom. The summed E-state index contributed by atoms with van der Waals surface area (Å²) < 4.78 is 37.7. The lowest BCUT2D eigenvalue weighted by molar-refractivity contribution is -0.137. The number of carboxylic acid groups (broad SMARTS) is 1. The largest absolute Gasteiger partial charge is 0.478 e. The van der Waals surface area contributed by atoms with Crippen LogP contribution in [-0.4, -0.2) is 17.0 Å². The van der Waals surface area contributed by atoms with E-state index >= 15 is 0 Å². The molecule has 8 heteroatoms. The van der Waals surface area contributed by atoms with Crippen LogP contribution in [0.4, 0.5) is 13.2 Å². The van der Waals surface area contributed by atoms with Crippen LogP contribution in [0.15, 0.2) is 18.2 Å².